The first-order valence-electron chi connectivity index (χ1n) is 17.5. The highest BCUT2D eigenvalue weighted by molar-refractivity contribution is 5.99. The average molecular weight is 656 g/mol. The van der Waals surface area contributed by atoms with Gasteiger partial charge in [0.25, 0.3) is 0 Å². The molecule has 0 aromatic heterocycles. The maximum absolute atomic E-state index is 15.1. The standard InChI is InChI=1S/C35H53N5O7/c1-6-23-18-35(23,30(45)36-5)39-27(42)24-19-34(31(2,3)33(34)10-7-11-33)20-40(24)29(44)26(32(4)12-16-47-17-13-32)38-28(43)25(37-21-41)22-8-14-46-15-9-22/h6,21-26H,1,7-20H2,2-5H3,(H,36,45)(H,37,41)(H,38,43)(H,39,42)/t23-,24+,25?,26-,34?,35-/m1/s1. The van der Waals surface area contributed by atoms with Crippen LogP contribution < -0.4 is 21.3 Å². The normalized spacial score (nSPS) is 34.3. The Kier molecular flexibility index (Phi) is 8.77. The second-order valence-corrected chi connectivity index (χ2v) is 15.8. The van der Waals surface area contributed by atoms with E-state index >= 15 is 4.79 Å². The van der Waals surface area contributed by atoms with Gasteiger partial charge in [-0.25, -0.2) is 0 Å². The number of nitrogens with zero attached hydrogens (tertiary/aromatic N) is 1. The van der Waals surface area contributed by atoms with Crippen molar-refractivity contribution in [3.05, 3.63) is 12.7 Å². The summed E-state index contributed by atoms with van der Waals surface area (Å²) in [4.78, 5) is 69.8. The van der Waals surface area contributed by atoms with Crippen LogP contribution in [0.2, 0.25) is 0 Å². The van der Waals surface area contributed by atoms with E-state index in [-0.39, 0.29) is 45.8 Å². The molecule has 6 fully saturated rings. The molecule has 6 aliphatic rings. The maximum atomic E-state index is 15.1. The average Bonchev–Trinajstić information content (AvgIpc) is 3.77. The Hall–Kier alpha value is -2.99. The molecule has 12 heteroatoms. The van der Waals surface area contributed by atoms with Crippen LogP contribution in [0.25, 0.3) is 0 Å². The molecule has 4 N–H and O–H groups in total. The van der Waals surface area contributed by atoms with E-state index < -0.39 is 35.0 Å². The van der Waals surface area contributed by atoms with Gasteiger partial charge in [0, 0.05) is 56.8 Å². The number of fused-ring (bicyclic) bond motifs is 1. The zero-order valence-corrected chi connectivity index (χ0v) is 28.5. The van der Waals surface area contributed by atoms with Gasteiger partial charge < -0.3 is 35.6 Å². The van der Waals surface area contributed by atoms with Crippen LogP contribution in [0.3, 0.4) is 0 Å². The first kappa shape index (κ1) is 33.9. The molecule has 3 heterocycles. The molecule has 3 saturated heterocycles. The number of carbonyl (C=O) groups is 5. The van der Waals surface area contributed by atoms with Gasteiger partial charge in [0.2, 0.25) is 30.0 Å². The summed E-state index contributed by atoms with van der Waals surface area (Å²) >= 11 is 0. The number of amides is 5. The Labute approximate surface area is 277 Å². The zero-order valence-electron chi connectivity index (χ0n) is 28.5. The number of likely N-dealkylation sites (N-methyl/N-ethyl adjacent to an activating group) is 1. The molecule has 0 bridgehead atoms. The first-order valence-corrected chi connectivity index (χ1v) is 17.5. The van der Waals surface area contributed by atoms with E-state index in [9.17, 15) is 19.2 Å². The number of likely N-dealkylation sites (tertiary alicyclic amines) is 1. The van der Waals surface area contributed by atoms with E-state index in [0.717, 1.165) is 19.3 Å². The van der Waals surface area contributed by atoms with Gasteiger partial charge in [-0.15, -0.1) is 6.58 Å². The summed E-state index contributed by atoms with van der Waals surface area (Å²) < 4.78 is 11.2. The lowest BCUT2D eigenvalue weighted by Crippen LogP contribution is -2.63. The topological polar surface area (TPSA) is 155 Å². The Morgan fingerprint density at radius 3 is 2.13 bits per heavy atom. The molecule has 0 radical (unpaired) electrons. The van der Waals surface area contributed by atoms with Crippen LogP contribution in [0.15, 0.2) is 12.7 Å². The maximum Gasteiger partial charge on any atom is 0.246 e. The van der Waals surface area contributed by atoms with Crippen LogP contribution in [-0.4, -0.2) is 98.6 Å². The molecular weight excluding hydrogens is 602 g/mol. The summed E-state index contributed by atoms with van der Waals surface area (Å²) in [6.45, 7) is 12.7. The van der Waals surface area contributed by atoms with Gasteiger partial charge >= 0.3 is 0 Å². The van der Waals surface area contributed by atoms with E-state index in [2.05, 4.69) is 41.7 Å². The van der Waals surface area contributed by atoms with E-state index in [4.69, 9.17) is 9.47 Å². The fourth-order valence-electron chi connectivity index (χ4n) is 10.2. The van der Waals surface area contributed by atoms with Crippen molar-refractivity contribution in [2.45, 2.75) is 102 Å². The molecular formula is C35H53N5O7. The minimum atomic E-state index is -1.08. The second-order valence-electron chi connectivity index (χ2n) is 15.8. The minimum absolute atomic E-state index is 0.0587. The predicted molar refractivity (Wildman–Crippen MR) is 172 cm³/mol. The van der Waals surface area contributed by atoms with Crippen molar-refractivity contribution >= 4 is 30.0 Å². The van der Waals surface area contributed by atoms with E-state index in [0.29, 0.717) is 77.9 Å². The molecule has 260 valence electrons. The van der Waals surface area contributed by atoms with E-state index in [1.165, 1.54) is 0 Å². The van der Waals surface area contributed by atoms with Crippen LogP contribution in [0.4, 0.5) is 0 Å². The van der Waals surface area contributed by atoms with Gasteiger partial charge in [0.05, 0.1) is 0 Å². The molecule has 3 aliphatic carbocycles. The highest BCUT2D eigenvalue weighted by atomic mass is 16.5. The summed E-state index contributed by atoms with van der Waals surface area (Å²) in [6, 6.07) is -2.54. The molecule has 2 unspecified atom stereocenters. The van der Waals surface area contributed by atoms with Gasteiger partial charge in [0.15, 0.2) is 0 Å². The van der Waals surface area contributed by atoms with Crippen molar-refractivity contribution in [1.82, 2.24) is 26.2 Å². The first-order chi connectivity index (χ1) is 22.4. The van der Waals surface area contributed by atoms with Crippen molar-refractivity contribution in [2.75, 3.05) is 40.0 Å². The Morgan fingerprint density at radius 1 is 0.936 bits per heavy atom. The number of nitrogens with one attached hydrogen (secondary N) is 4. The lowest BCUT2D eigenvalue weighted by atomic mass is 9.73. The molecule has 2 spiro atoms. The highest BCUT2D eigenvalue weighted by Crippen LogP contribution is 2.88. The minimum Gasteiger partial charge on any atom is -0.381 e. The summed E-state index contributed by atoms with van der Waals surface area (Å²) in [7, 11) is 1.55. The third kappa shape index (κ3) is 5.11. The third-order valence-electron chi connectivity index (χ3n) is 13.8. The van der Waals surface area contributed by atoms with Crippen LogP contribution in [0, 0.1) is 33.5 Å². The fraction of sp³-hybridized carbons (Fsp3) is 0.800. The SMILES string of the molecule is C=C[C@@H]1C[C@]1(NC(=O)[C@@H]1CC2(CN1C(=O)[C@@H](NC(=O)C(NC=O)C1CCOCC1)C1(C)CCOCC1)C(C)(C)C21CCC1)C(=O)NC. The number of hydrogen-bond donors (Lipinski definition) is 4. The lowest BCUT2D eigenvalue weighted by molar-refractivity contribution is -0.147. The summed E-state index contributed by atoms with van der Waals surface area (Å²) in [5.41, 5.74) is -1.94. The van der Waals surface area contributed by atoms with Gasteiger partial charge in [-0.3, -0.25) is 24.0 Å². The van der Waals surface area contributed by atoms with Crippen molar-refractivity contribution in [3.63, 3.8) is 0 Å². The molecule has 0 aromatic rings. The van der Waals surface area contributed by atoms with Crippen LogP contribution in [-0.2, 0) is 33.4 Å². The molecule has 3 saturated carbocycles. The van der Waals surface area contributed by atoms with Crippen molar-refractivity contribution in [3.8, 4) is 0 Å². The van der Waals surface area contributed by atoms with E-state index in [1.54, 1.807) is 18.0 Å². The number of ether oxygens (including phenoxy) is 2. The van der Waals surface area contributed by atoms with Gasteiger partial charge in [0.1, 0.15) is 23.7 Å². The molecule has 3 aliphatic heterocycles. The third-order valence-corrected chi connectivity index (χ3v) is 13.8. The van der Waals surface area contributed by atoms with Crippen LogP contribution in [0.5, 0.6) is 0 Å². The lowest BCUT2D eigenvalue weighted by Gasteiger charge is -2.43. The van der Waals surface area contributed by atoms with Crippen LogP contribution >= 0.6 is 0 Å². The molecule has 6 atom stereocenters. The Bertz CT molecular complexity index is 1300. The second kappa shape index (κ2) is 12.2. The molecule has 0 aromatic carbocycles. The number of rotatable bonds is 11. The van der Waals surface area contributed by atoms with Gasteiger partial charge in [-0.2, -0.15) is 0 Å². The molecule has 5 amide bonds. The predicted octanol–water partition coefficient (Wildman–Crippen LogP) is 1.43. The largest absolute Gasteiger partial charge is 0.381 e. The molecule has 6 rings (SSSR count). The Morgan fingerprint density at radius 2 is 1.60 bits per heavy atom. The smallest absolute Gasteiger partial charge is 0.246 e. The molecule has 12 nitrogen and oxygen atoms in total. The molecule has 47 heavy (non-hydrogen) atoms. The van der Waals surface area contributed by atoms with Crippen molar-refractivity contribution in [1.29, 1.82) is 0 Å². The quantitative estimate of drug-likeness (QED) is 0.194. The van der Waals surface area contributed by atoms with Gasteiger partial charge in [-0.05, 0) is 68.1 Å². The van der Waals surface area contributed by atoms with Crippen molar-refractivity contribution in [2.24, 2.45) is 33.5 Å². The highest BCUT2D eigenvalue weighted by Gasteiger charge is 2.85. The monoisotopic (exact) mass is 655 g/mol. The van der Waals surface area contributed by atoms with Gasteiger partial charge in [-0.1, -0.05) is 33.3 Å². The number of hydrogen-bond acceptors (Lipinski definition) is 7. The number of carbonyl (C=O) groups excluding carboxylic acids is 5. The van der Waals surface area contributed by atoms with E-state index in [1.807, 2.05) is 6.92 Å². The fourth-order valence-corrected chi connectivity index (χ4v) is 10.2. The summed E-state index contributed by atoms with van der Waals surface area (Å²) in [5, 5.41) is 11.6. The summed E-state index contributed by atoms with van der Waals surface area (Å²) in [6.07, 6.45) is 8.82. The summed E-state index contributed by atoms with van der Waals surface area (Å²) in [5.74, 6) is -1.63. The zero-order chi connectivity index (χ0) is 33.8. The Balaban J connectivity index is 1.33. The van der Waals surface area contributed by atoms with Crippen LogP contribution in [0.1, 0.15) is 78.6 Å². The van der Waals surface area contributed by atoms with Crippen molar-refractivity contribution < 1.29 is 33.4 Å².